The molecule has 1 aromatic carbocycles. The summed E-state index contributed by atoms with van der Waals surface area (Å²) in [5.74, 6) is 0.272. The second kappa shape index (κ2) is 6.75. The third kappa shape index (κ3) is 4.42. The SMILES string of the molecule is COC(=O)c1ccc(CNC(=O)N/C=C/C2CC2)cc1. The molecule has 1 saturated carbocycles. The standard InChI is InChI=1S/C15H18N2O3/c1-20-14(18)13-6-4-12(5-7-13)10-17-15(19)16-9-8-11-2-3-11/h4-9,11H,2-3,10H2,1H3,(H2,16,17,19)/b9-8+. The van der Waals surface area contributed by atoms with E-state index < -0.39 is 0 Å². The molecule has 0 aliphatic heterocycles. The second-order valence-electron chi connectivity index (χ2n) is 4.71. The van der Waals surface area contributed by atoms with Crippen molar-refractivity contribution in [3.63, 3.8) is 0 Å². The van der Waals surface area contributed by atoms with Gasteiger partial charge in [-0.25, -0.2) is 9.59 Å². The number of amides is 2. The first-order valence-electron chi connectivity index (χ1n) is 6.57. The van der Waals surface area contributed by atoms with Crippen LogP contribution >= 0.6 is 0 Å². The number of carbonyl (C=O) groups is 2. The van der Waals surface area contributed by atoms with Crippen molar-refractivity contribution in [2.45, 2.75) is 19.4 Å². The maximum Gasteiger partial charge on any atom is 0.337 e. The average molecular weight is 274 g/mol. The van der Waals surface area contributed by atoms with E-state index in [1.165, 1.54) is 20.0 Å². The van der Waals surface area contributed by atoms with Crippen LogP contribution in [0.4, 0.5) is 4.79 Å². The molecule has 0 radical (unpaired) electrons. The summed E-state index contributed by atoms with van der Waals surface area (Å²) < 4.78 is 4.62. The fourth-order valence-corrected chi connectivity index (χ4v) is 1.66. The highest BCUT2D eigenvalue weighted by Gasteiger charge is 2.16. The van der Waals surface area contributed by atoms with Gasteiger partial charge < -0.3 is 15.4 Å². The molecule has 2 rings (SSSR count). The number of carbonyl (C=O) groups excluding carboxylic acids is 2. The average Bonchev–Trinajstić information content (AvgIpc) is 3.29. The number of hydrogen-bond donors (Lipinski definition) is 2. The smallest absolute Gasteiger partial charge is 0.337 e. The van der Waals surface area contributed by atoms with Crippen molar-refractivity contribution in [1.29, 1.82) is 0 Å². The van der Waals surface area contributed by atoms with E-state index in [0.717, 1.165) is 5.56 Å². The van der Waals surface area contributed by atoms with Gasteiger partial charge in [0, 0.05) is 12.7 Å². The molecule has 5 heteroatoms. The molecule has 0 aromatic heterocycles. The van der Waals surface area contributed by atoms with E-state index in [1.54, 1.807) is 30.5 Å². The van der Waals surface area contributed by atoms with E-state index in [4.69, 9.17) is 0 Å². The molecule has 1 aromatic rings. The summed E-state index contributed by atoms with van der Waals surface area (Å²) in [5, 5.41) is 5.40. The highest BCUT2D eigenvalue weighted by atomic mass is 16.5. The lowest BCUT2D eigenvalue weighted by atomic mass is 10.1. The van der Waals surface area contributed by atoms with Crippen LogP contribution in [0, 0.1) is 5.92 Å². The normalized spacial score (nSPS) is 14.1. The molecule has 1 fully saturated rings. The molecule has 0 spiro atoms. The largest absolute Gasteiger partial charge is 0.465 e. The summed E-state index contributed by atoms with van der Waals surface area (Å²) in [6, 6.07) is 6.68. The Labute approximate surface area is 118 Å². The zero-order valence-electron chi connectivity index (χ0n) is 11.4. The summed E-state index contributed by atoms with van der Waals surface area (Å²) >= 11 is 0. The third-order valence-corrected chi connectivity index (χ3v) is 3.03. The Morgan fingerprint density at radius 1 is 1.30 bits per heavy atom. The molecule has 1 aliphatic rings. The Hall–Kier alpha value is -2.30. The van der Waals surface area contributed by atoms with E-state index in [0.29, 0.717) is 18.0 Å². The van der Waals surface area contributed by atoms with E-state index in [2.05, 4.69) is 15.4 Å². The predicted molar refractivity (Wildman–Crippen MR) is 75.0 cm³/mol. The van der Waals surface area contributed by atoms with Crippen molar-refractivity contribution >= 4 is 12.0 Å². The van der Waals surface area contributed by atoms with Gasteiger partial charge in [0.1, 0.15) is 0 Å². The molecule has 2 amide bonds. The summed E-state index contributed by atoms with van der Waals surface area (Å²) in [7, 11) is 1.34. The Morgan fingerprint density at radius 3 is 2.60 bits per heavy atom. The molecule has 5 nitrogen and oxygen atoms in total. The van der Waals surface area contributed by atoms with Crippen molar-refractivity contribution in [1.82, 2.24) is 10.6 Å². The number of urea groups is 1. The maximum atomic E-state index is 11.5. The van der Waals surface area contributed by atoms with Crippen molar-refractivity contribution < 1.29 is 14.3 Å². The van der Waals surface area contributed by atoms with Crippen molar-refractivity contribution in [2.75, 3.05) is 7.11 Å². The van der Waals surface area contributed by atoms with E-state index in [1.807, 2.05) is 6.08 Å². The van der Waals surface area contributed by atoms with Gasteiger partial charge in [-0.15, -0.1) is 0 Å². The quantitative estimate of drug-likeness (QED) is 0.809. The van der Waals surface area contributed by atoms with Gasteiger partial charge in [0.15, 0.2) is 0 Å². The van der Waals surface area contributed by atoms with Crippen LogP contribution in [0.25, 0.3) is 0 Å². The second-order valence-corrected chi connectivity index (χ2v) is 4.71. The molecule has 0 saturated heterocycles. The Bertz CT molecular complexity index is 504. The van der Waals surface area contributed by atoms with E-state index in [-0.39, 0.29) is 12.0 Å². The lowest BCUT2D eigenvalue weighted by molar-refractivity contribution is 0.0600. The van der Waals surface area contributed by atoms with Gasteiger partial charge in [0.25, 0.3) is 0 Å². The van der Waals surface area contributed by atoms with Crippen LogP contribution in [0.2, 0.25) is 0 Å². The highest BCUT2D eigenvalue weighted by Crippen LogP contribution is 2.29. The molecule has 1 aliphatic carbocycles. The lowest BCUT2D eigenvalue weighted by Crippen LogP contribution is -2.31. The topological polar surface area (TPSA) is 67.4 Å². The van der Waals surface area contributed by atoms with Crippen LogP contribution in [0.5, 0.6) is 0 Å². The molecule has 0 bridgehead atoms. The molecule has 106 valence electrons. The number of allylic oxidation sites excluding steroid dienone is 1. The zero-order valence-corrected chi connectivity index (χ0v) is 11.4. The number of benzene rings is 1. The van der Waals surface area contributed by atoms with Crippen LogP contribution < -0.4 is 10.6 Å². The van der Waals surface area contributed by atoms with Gasteiger partial charge in [0.2, 0.25) is 0 Å². The van der Waals surface area contributed by atoms with E-state index >= 15 is 0 Å². The fraction of sp³-hybridized carbons (Fsp3) is 0.333. The van der Waals surface area contributed by atoms with Gasteiger partial charge in [-0.1, -0.05) is 18.2 Å². The van der Waals surface area contributed by atoms with Crippen LogP contribution in [0.15, 0.2) is 36.5 Å². The first kappa shape index (κ1) is 14.1. The molecule has 20 heavy (non-hydrogen) atoms. The molecule has 0 heterocycles. The summed E-state index contributed by atoms with van der Waals surface area (Å²) in [6.07, 6.45) is 6.12. The number of nitrogens with one attached hydrogen (secondary N) is 2. The van der Waals surface area contributed by atoms with Gasteiger partial charge in [0.05, 0.1) is 12.7 Å². The number of hydrogen-bond acceptors (Lipinski definition) is 3. The number of rotatable bonds is 5. The van der Waals surface area contributed by atoms with Gasteiger partial charge in [-0.05, 0) is 36.5 Å². The number of ether oxygens (including phenoxy) is 1. The molecule has 2 N–H and O–H groups in total. The van der Waals surface area contributed by atoms with Gasteiger partial charge in [-0.3, -0.25) is 0 Å². The van der Waals surface area contributed by atoms with Crippen LogP contribution in [0.1, 0.15) is 28.8 Å². The van der Waals surface area contributed by atoms with Crippen LogP contribution in [-0.2, 0) is 11.3 Å². The minimum Gasteiger partial charge on any atom is -0.465 e. The summed E-state index contributed by atoms with van der Waals surface area (Å²) in [5.41, 5.74) is 1.41. The molecular formula is C15H18N2O3. The fourth-order valence-electron chi connectivity index (χ4n) is 1.66. The zero-order chi connectivity index (χ0) is 14.4. The van der Waals surface area contributed by atoms with Crippen molar-refractivity contribution in [2.24, 2.45) is 5.92 Å². The lowest BCUT2D eigenvalue weighted by Gasteiger charge is -2.05. The minimum absolute atomic E-state index is 0.237. The van der Waals surface area contributed by atoms with Gasteiger partial charge >= 0.3 is 12.0 Å². The van der Waals surface area contributed by atoms with Gasteiger partial charge in [-0.2, -0.15) is 0 Å². The maximum absolute atomic E-state index is 11.5. The van der Waals surface area contributed by atoms with Crippen molar-refractivity contribution in [3.05, 3.63) is 47.7 Å². The third-order valence-electron chi connectivity index (χ3n) is 3.03. The predicted octanol–water partition coefficient (Wildman–Crippen LogP) is 2.20. The Kier molecular flexibility index (Phi) is 4.76. The first-order valence-corrected chi connectivity index (χ1v) is 6.57. The monoisotopic (exact) mass is 274 g/mol. The van der Waals surface area contributed by atoms with E-state index in [9.17, 15) is 9.59 Å². The Morgan fingerprint density at radius 2 is 2.00 bits per heavy atom. The molecular weight excluding hydrogens is 256 g/mol. The highest BCUT2D eigenvalue weighted by molar-refractivity contribution is 5.89. The first-order chi connectivity index (χ1) is 9.69. The number of esters is 1. The minimum atomic E-state index is -0.368. The Balaban J connectivity index is 1.75. The summed E-state index contributed by atoms with van der Waals surface area (Å²) in [4.78, 5) is 22.8. The van der Waals surface area contributed by atoms with Crippen molar-refractivity contribution in [3.8, 4) is 0 Å². The summed E-state index contributed by atoms with van der Waals surface area (Å²) in [6.45, 7) is 0.407. The van der Waals surface area contributed by atoms with Crippen LogP contribution in [0.3, 0.4) is 0 Å². The molecule has 0 unspecified atom stereocenters. The number of methoxy groups -OCH3 is 1. The van der Waals surface area contributed by atoms with Crippen LogP contribution in [-0.4, -0.2) is 19.1 Å². The molecule has 0 atom stereocenters.